The minimum Gasteiger partial charge on any atom is -0.465 e. The largest absolute Gasteiger partial charge is 0.465 e. The Morgan fingerprint density at radius 2 is 1.52 bits per heavy atom. The molecule has 1 N–H and O–H groups in total. The summed E-state index contributed by atoms with van der Waals surface area (Å²) in [7, 11) is 0. The molecule has 0 aromatic heterocycles. The van der Waals surface area contributed by atoms with Gasteiger partial charge in [0, 0.05) is 31.1 Å². The van der Waals surface area contributed by atoms with Crippen molar-refractivity contribution < 1.29 is 27.9 Å². The van der Waals surface area contributed by atoms with E-state index < -0.39 is 24.1 Å². The summed E-state index contributed by atoms with van der Waals surface area (Å²) in [6.45, 7) is 3.84. The van der Waals surface area contributed by atoms with Crippen LogP contribution < -0.4 is 0 Å². The molecule has 0 bridgehead atoms. The summed E-state index contributed by atoms with van der Waals surface area (Å²) in [5.41, 5.74) is 0. The molecule has 8 heteroatoms. The third-order valence-electron chi connectivity index (χ3n) is 4.46. The van der Waals surface area contributed by atoms with E-state index in [-0.39, 0.29) is 43.9 Å². The van der Waals surface area contributed by atoms with Crippen molar-refractivity contribution in [1.29, 1.82) is 0 Å². The summed E-state index contributed by atoms with van der Waals surface area (Å²) in [6.07, 6.45) is -5.56. The van der Waals surface area contributed by atoms with Crippen molar-refractivity contribution in [3.05, 3.63) is 0 Å². The molecule has 0 aromatic carbocycles. The molecule has 5 nitrogen and oxygen atoms in total. The summed E-state index contributed by atoms with van der Waals surface area (Å²) in [5.74, 6) is -2.23. The van der Waals surface area contributed by atoms with Gasteiger partial charge in [-0.25, -0.2) is 4.79 Å². The Kier molecular flexibility index (Phi) is 4.08. The zero-order valence-corrected chi connectivity index (χ0v) is 11.9. The number of nitrogens with zero attached hydrogens (tertiary/aromatic N) is 2. The van der Waals surface area contributed by atoms with Gasteiger partial charge in [0.2, 0.25) is 5.91 Å². The highest BCUT2D eigenvalue weighted by Crippen LogP contribution is 2.45. The van der Waals surface area contributed by atoms with Crippen LogP contribution in [-0.2, 0) is 4.79 Å². The summed E-state index contributed by atoms with van der Waals surface area (Å²) in [5, 5.41) is 9.04. The number of hydrogen-bond acceptors (Lipinski definition) is 2. The number of amides is 2. The van der Waals surface area contributed by atoms with Crippen LogP contribution >= 0.6 is 0 Å². The number of piperazine rings is 1. The van der Waals surface area contributed by atoms with Crippen LogP contribution in [0.1, 0.15) is 26.7 Å². The zero-order chi connectivity index (χ0) is 15.9. The van der Waals surface area contributed by atoms with Gasteiger partial charge in [-0.15, -0.1) is 0 Å². The molecule has 2 rings (SSSR count). The van der Waals surface area contributed by atoms with Gasteiger partial charge in [0.25, 0.3) is 0 Å². The highest BCUT2D eigenvalue weighted by Gasteiger charge is 2.51. The maximum Gasteiger partial charge on any atom is 0.407 e. The van der Waals surface area contributed by atoms with Crippen LogP contribution in [0.15, 0.2) is 0 Å². The highest BCUT2D eigenvalue weighted by atomic mass is 19.4. The predicted octanol–water partition coefficient (Wildman–Crippen LogP) is 2.17. The number of halogens is 3. The van der Waals surface area contributed by atoms with Crippen LogP contribution in [0, 0.1) is 11.8 Å². The third kappa shape index (κ3) is 3.08. The van der Waals surface area contributed by atoms with Gasteiger partial charge in [-0.05, 0) is 26.7 Å². The lowest BCUT2D eigenvalue weighted by Crippen LogP contribution is -2.61. The molecule has 1 aliphatic heterocycles. The van der Waals surface area contributed by atoms with Crippen LogP contribution in [0.3, 0.4) is 0 Å². The van der Waals surface area contributed by atoms with Crippen LogP contribution in [-0.4, -0.2) is 58.3 Å². The van der Waals surface area contributed by atoms with E-state index in [1.54, 1.807) is 13.8 Å². The molecular formula is C13H19F3N2O3. The molecule has 1 heterocycles. The van der Waals surface area contributed by atoms with E-state index in [0.29, 0.717) is 0 Å². The van der Waals surface area contributed by atoms with Crippen molar-refractivity contribution in [2.75, 3.05) is 13.1 Å². The maximum atomic E-state index is 12.5. The minimum atomic E-state index is -4.22. The third-order valence-corrected chi connectivity index (χ3v) is 4.46. The van der Waals surface area contributed by atoms with Crippen molar-refractivity contribution in [3.63, 3.8) is 0 Å². The molecule has 2 fully saturated rings. The average Bonchev–Trinajstić information content (AvgIpc) is 2.27. The lowest BCUT2D eigenvalue weighted by Gasteiger charge is -2.46. The lowest BCUT2D eigenvalue weighted by molar-refractivity contribution is -0.207. The van der Waals surface area contributed by atoms with E-state index >= 15 is 0 Å². The number of carbonyl (C=O) groups excluding carboxylic acids is 1. The normalized spacial score (nSPS) is 33.6. The second-order valence-electron chi connectivity index (χ2n) is 6.03. The van der Waals surface area contributed by atoms with Crippen molar-refractivity contribution in [2.24, 2.45) is 11.8 Å². The molecule has 1 saturated heterocycles. The van der Waals surface area contributed by atoms with E-state index in [1.807, 2.05) is 0 Å². The van der Waals surface area contributed by atoms with Crippen molar-refractivity contribution >= 4 is 12.0 Å². The zero-order valence-electron chi connectivity index (χ0n) is 11.9. The van der Waals surface area contributed by atoms with Gasteiger partial charge >= 0.3 is 12.3 Å². The van der Waals surface area contributed by atoms with Crippen LogP contribution in [0.5, 0.6) is 0 Å². The second-order valence-corrected chi connectivity index (χ2v) is 6.03. The van der Waals surface area contributed by atoms with Crippen LogP contribution in [0.4, 0.5) is 18.0 Å². The van der Waals surface area contributed by atoms with E-state index in [1.165, 1.54) is 9.80 Å². The van der Waals surface area contributed by atoms with Gasteiger partial charge in [-0.2, -0.15) is 13.2 Å². The summed E-state index contributed by atoms with van der Waals surface area (Å²) >= 11 is 0. The maximum absolute atomic E-state index is 12.5. The average molecular weight is 308 g/mol. The second kappa shape index (κ2) is 5.38. The van der Waals surface area contributed by atoms with Gasteiger partial charge in [-0.1, -0.05) is 0 Å². The van der Waals surface area contributed by atoms with E-state index in [4.69, 9.17) is 5.11 Å². The molecule has 120 valence electrons. The summed E-state index contributed by atoms with van der Waals surface area (Å²) in [4.78, 5) is 26.1. The Morgan fingerprint density at radius 3 is 2.00 bits per heavy atom. The number of carbonyl (C=O) groups is 2. The van der Waals surface area contributed by atoms with Gasteiger partial charge in [0.15, 0.2) is 0 Å². The first-order valence-electron chi connectivity index (χ1n) is 6.98. The molecule has 21 heavy (non-hydrogen) atoms. The van der Waals surface area contributed by atoms with Gasteiger partial charge in [0.1, 0.15) is 0 Å². The molecule has 0 unspecified atom stereocenters. The number of carboxylic acid groups (broad SMARTS) is 1. The first-order chi connectivity index (χ1) is 9.61. The Bertz CT molecular complexity index is 435. The highest BCUT2D eigenvalue weighted by molar-refractivity contribution is 5.80. The molecule has 1 aliphatic carbocycles. The topological polar surface area (TPSA) is 60.9 Å². The molecule has 2 atom stereocenters. The molecule has 0 radical (unpaired) electrons. The van der Waals surface area contributed by atoms with Crippen LogP contribution in [0.2, 0.25) is 0 Å². The van der Waals surface area contributed by atoms with Gasteiger partial charge in [-0.3, -0.25) is 4.79 Å². The van der Waals surface area contributed by atoms with E-state index in [0.717, 1.165) is 0 Å². The molecular weight excluding hydrogens is 289 g/mol. The van der Waals surface area contributed by atoms with Gasteiger partial charge < -0.3 is 14.9 Å². The summed E-state index contributed by atoms with van der Waals surface area (Å²) < 4.78 is 37.4. The number of alkyl halides is 3. The number of rotatable bonds is 1. The molecule has 0 aromatic rings. The SMILES string of the molecule is C[C@@H]1CN(C(=O)O)[C@@H](C)CN1C(=O)C1CC(C(F)(F)F)C1. The molecule has 2 amide bonds. The number of hydrogen-bond donors (Lipinski definition) is 1. The van der Waals surface area contributed by atoms with E-state index in [9.17, 15) is 22.8 Å². The fourth-order valence-corrected chi connectivity index (χ4v) is 3.02. The molecule has 0 spiro atoms. The Hall–Kier alpha value is -1.47. The minimum absolute atomic E-state index is 0.150. The Labute approximate surface area is 120 Å². The monoisotopic (exact) mass is 308 g/mol. The first kappa shape index (κ1) is 15.9. The standard InChI is InChI=1S/C13H19F3N2O3/c1-7-6-18(12(20)21)8(2)5-17(7)11(19)9-3-10(4-9)13(14,15)16/h7-10H,3-6H2,1-2H3,(H,20,21)/t7-,8+,9?,10?/m1/s1. The van der Waals surface area contributed by atoms with E-state index in [2.05, 4.69) is 0 Å². The Morgan fingerprint density at radius 1 is 1.05 bits per heavy atom. The lowest BCUT2D eigenvalue weighted by atomic mass is 9.73. The van der Waals surface area contributed by atoms with Gasteiger partial charge in [0.05, 0.1) is 5.92 Å². The van der Waals surface area contributed by atoms with Crippen molar-refractivity contribution in [3.8, 4) is 0 Å². The predicted molar refractivity (Wildman–Crippen MR) is 67.6 cm³/mol. The first-order valence-corrected chi connectivity index (χ1v) is 6.98. The van der Waals surface area contributed by atoms with Crippen molar-refractivity contribution in [2.45, 2.75) is 44.9 Å². The molecule has 2 aliphatic rings. The Balaban J connectivity index is 1.94. The fourth-order valence-electron chi connectivity index (χ4n) is 3.02. The summed E-state index contributed by atoms with van der Waals surface area (Å²) in [6, 6.07) is -0.657. The smallest absolute Gasteiger partial charge is 0.407 e. The van der Waals surface area contributed by atoms with Crippen LogP contribution in [0.25, 0.3) is 0 Å². The fraction of sp³-hybridized carbons (Fsp3) is 0.846. The quantitative estimate of drug-likeness (QED) is 0.807. The molecule has 1 saturated carbocycles. The van der Waals surface area contributed by atoms with Crippen molar-refractivity contribution in [1.82, 2.24) is 9.80 Å².